The Morgan fingerprint density at radius 2 is 1.71 bits per heavy atom. The van der Waals surface area contributed by atoms with Gasteiger partial charge in [-0.2, -0.15) is 0 Å². The van der Waals surface area contributed by atoms with Gasteiger partial charge < -0.3 is 30.2 Å². The minimum absolute atomic E-state index is 0. The molecular formula is C24H22FN3Na2O5. The Bertz CT molecular complexity index is 1300. The Kier molecular flexibility index (Phi) is 11.7. The second-order valence-electron chi connectivity index (χ2n) is 7.67. The second kappa shape index (κ2) is 13.2. The molecule has 11 heteroatoms. The molecule has 0 spiro atoms. The van der Waals surface area contributed by atoms with Crippen LogP contribution in [0.1, 0.15) is 29.3 Å². The van der Waals surface area contributed by atoms with Crippen LogP contribution in [0, 0.1) is 19.7 Å². The first-order chi connectivity index (χ1) is 15.6. The number of anilines is 1. The fraction of sp³-hybridized carbons (Fsp3) is 0.208. The molecule has 0 bridgehead atoms. The molecule has 8 nitrogen and oxygen atoms in total. The van der Waals surface area contributed by atoms with E-state index in [0.717, 1.165) is 5.56 Å². The van der Waals surface area contributed by atoms with Gasteiger partial charge in [0.05, 0.1) is 6.04 Å². The first-order valence-electron chi connectivity index (χ1n) is 10.1. The van der Waals surface area contributed by atoms with E-state index in [2.05, 4.69) is 10.6 Å². The molecule has 0 fully saturated rings. The number of carbonyl (C=O) groups is 2. The van der Waals surface area contributed by atoms with Crippen LogP contribution in [-0.4, -0.2) is 16.6 Å². The number of hydrogen-bond acceptors (Lipinski definition) is 5. The van der Waals surface area contributed by atoms with Crippen molar-refractivity contribution in [2.45, 2.75) is 26.3 Å². The summed E-state index contributed by atoms with van der Waals surface area (Å²) in [5, 5.41) is 28.1. The van der Waals surface area contributed by atoms with E-state index in [0.29, 0.717) is 16.8 Å². The summed E-state index contributed by atoms with van der Waals surface area (Å²) in [6.07, 6.45) is -0.609. The summed E-state index contributed by atoms with van der Waals surface area (Å²) in [6, 6.07) is 10.2. The zero-order valence-electron chi connectivity index (χ0n) is 20.3. The minimum atomic E-state index is -1.45. The first kappa shape index (κ1) is 30.9. The average molecular weight is 497 g/mol. The number of amides is 2. The van der Waals surface area contributed by atoms with Gasteiger partial charge >= 0.3 is 65.1 Å². The third-order valence-electron chi connectivity index (χ3n) is 5.38. The third-order valence-corrected chi connectivity index (χ3v) is 5.38. The molecule has 0 radical (unpaired) electrons. The monoisotopic (exact) mass is 497 g/mol. The maximum absolute atomic E-state index is 14.6. The molecule has 2 N–H and O–H groups in total. The summed E-state index contributed by atoms with van der Waals surface area (Å²) in [4.78, 5) is 36.2. The number of nitrogens with one attached hydrogen (secondary N) is 2. The van der Waals surface area contributed by atoms with Crippen LogP contribution < -0.4 is 85.5 Å². The van der Waals surface area contributed by atoms with Gasteiger partial charge in [-0.05, 0) is 48.7 Å². The second-order valence-corrected chi connectivity index (χ2v) is 7.67. The third kappa shape index (κ3) is 7.42. The van der Waals surface area contributed by atoms with Crippen molar-refractivity contribution in [2.24, 2.45) is 7.05 Å². The minimum Gasteiger partial charge on any atom is -0.871 e. The summed E-state index contributed by atoms with van der Waals surface area (Å²) >= 11 is 0. The Morgan fingerprint density at radius 3 is 2.34 bits per heavy atom. The van der Waals surface area contributed by atoms with Crippen molar-refractivity contribution in [1.29, 1.82) is 0 Å². The molecule has 0 aliphatic rings. The fourth-order valence-electron chi connectivity index (χ4n) is 3.47. The van der Waals surface area contributed by atoms with Crippen LogP contribution in [0.4, 0.5) is 14.9 Å². The van der Waals surface area contributed by atoms with Crippen molar-refractivity contribution in [3.8, 4) is 16.9 Å². The molecule has 35 heavy (non-hydrogen) atoms. The van der Waals surface area contributed by atoms with Gasteiger partial charge in [0.25, 0.3) is 5.56 Å². The van der Waals surface area contributed by atoms with E-state index >= 15 is 0 Å². The van der Waals surface area contributed by atoms with E-state index in [1.165, 1.54) is 35.9 Å². The quantitative estimate of drug-likeness (QED) is 0.335. The van der Waals surface area contributed by atoms with E-state index in [1.807, 2.05) is 19.1 Å². The van der Waals surface area contributed by atoms with Gasteiger partial charge in [-0.3, -0.25) is 4.79 Å². The summed E-state index contributed by atoms with van der Waals surface area (Å²) in [5.74, 6) is -2.63. The fourth-order valence-corrected chi connectivity index (χ4v) is 3.47. The number of carboxylic acid groups (broad SMARTS) is 1. The smallest absolute Gasteiger partial charge is 0.871 e. The number of hydrogen-bond donors (Lipinski definition) is 2. The Labute approximate surface area is 246 Å². The Balaban J connectivity index is 0.00000306. The number of aliphatic carboxylic acids is 1. The first-order valence-corrected chi connectivity index (χ1v) is 10.1. The van der Waals surface area contributed by atoms with Crippen LogP contribution >= 0.6 is 0 Å². The molecule has 172 valence electrons. The normalized spacial score (nSPS) is 11.0. The summed E-state index contributed by atoms with van der Waals surface area (Å²) < 4.78 is 15.8. The predicted molar refractivity (Wildman–Crippen MR) is 117 cm³/mol. The van der Waals surface area contributed by atoms with Crippen LogP contribution in [0.15, 0.2) is 53.3 Å². The van der Waals surface area contributed by atoms with Crippen LogP contribution in [0.2, 0.25) is 0 Å². The van der Waals surface area contributed by atoms with Gasteiger partial charge in [-0.1, -0.05) is 36.1 Å². The zero-order chi connectivity index (χ0) is 24.3. The van der Waals surface area contributed by atoms with Crippen molar-refractivity contribution in [1.82, 2.24) is 9.88 Å². The number of aromatic nitrogens is 1. The van der Waals surface area contributed by atoms with Gasteiger partial charge in [0.2, 0.25) is 0 Å². The maximum atomic E-state index is 14.6. The molecule has 0 aliphatic heterocycles. The number of benzene rings is 2. The topological polar surface area (TPSA) is 126 Å². The number of urea groups is 1. The van der Waals surface area contributed by atoms with Crippen molar-refractivity contribution in [3.05, 3.63) is 81.5 Å². The number of pyridine rings is 1. The summed E-state index contributed by atoms with van der Waals surface area (Å²) in [5.41, 5.74) is 1.24. The Morgan fingerprint density at radius 1 is 1.06 bits per heavy atom. The van der Waals surface area contributed by atoms with Gasteiger partial charge in [-0.25, -0.2) is 9.18 Å². The molecule has 0 saturated carbocycles. The van der Waals surface area contributed by atoms with Gasteiger partial charge in [-0.15, -0.1) is 0 Å². The van der Waals surface area contributed by atoms with Crippen molar-refractivity contribution < 1.29 is 83.3 Å². The van der Waals surface area contributed by atoms with Gasteiger partial charge in [0.15, 0.2) is 0 Å². The average Bonchev–Trinajstić information content (AvgIpc) is 2.75. The van der Waals surface area contributed by atoms with E-state index in [4.69, 9.17) is 0 Å². The molecule has 0 aliphatic carbocycles. The SMILES string of the molecule is Cc1ccccc1-c1cc([C@H](CC(=O)[O-])NC(=O)Nc2c([O-])cc(C)n(C)c2=O)ccc1F.[Na+].[Na+]. The number of nitrogens with zero attached hydrogens (tertiary/aromatic N) is 1. The molecule has 3 aromatic rings. The van der Waals surface area contributed by atoms with Crippen molar-refractivity contribution in [3.63, 3.8) is 0 Å². The molecule has 0 unspecified atom stereocenters. The molecule has 2 amide bonds. The van der Waals surface area contributed by atoms with Crippen molar-refractivity contribution in [2.75, 3.05) is 5.32 Å². The van der Waals surface area contributed by atoms with Crippen LogP contribution in [0.25, 0.3) is 11.1 Å². The number of carboxylic acids is 1. The van der Waals surface area contributed by atoms with Crippen LogP contribution in [-0.2, 0) is 11.8 Å². The largest absolute Gasteiger partial charge is 1.00 e. The van der Waals surface area contributed by atoms with E-state index < -0.39 is 47.3 Å². The van der Waals surface area contributed by atoms with E-state index in [9.17, 15) is 29.0 Å². The number of rotatable bonds is 6. The standard InChI is InChI=1S/C24H24FN3O5.2Na/c1-13-6-4-5-7-16(13)17-11-15(8-9-18(17)25)19(12-21(30)31)26-24(33)27-22-20(29)10-14(2)28(3)23(22)32;;/h4-11,19,29H,12H2,1-3H3,(H,30,31)(H2,26,27,33);;/q;2*+1/p-2/t19-;;/m0../s1. The van der Waals surface area contributed by atoms with Gasteiger partial charge in [0, 0.05) is 30.7 Å². The van der Waals surface area contributed by atoms with Crippen LogP contribution in [0.5, 0.6) is 5.75 Å². The maximum Gasteiger partial charge on any atom is 1.00 e. The molecule has 1 atom stereocenters. The number of aryl methyl sites for hydroxylation is 2. The molecule has 1 aromatic heterocycles. The molecule has 0 saturated heterocycles. The molecule has 3 rings (SSSR count). The Hall–Kier alpha value is -2.14. The number of halogens is 1. The van der Waals surface area contributed by atoms with E-state index in [1.54, 1.807) is 19.1 Å². The van der Waals surface area contributed by atoms with Crippen LogP contribution in [0.3, 0.4) is 0 Å². The predicted octanol–water partition coefficient (Wildman–Crippen LogP) is -4.11. The molecule has 2 aromatic carbocycles. The van der Waals surface area contributed by atoms with Crippen molar-refractivity contribution >= 4 is 17.7 Å². The molecular weight excluding hydrogens is 475 g/mol. The molecule has 1 heterocycles. The van der Waals surface area contributed by atoms with E-state index in [-0.39, 0.29) is 64.7 Å². The van der Waals surface area contributed by atoms with Gasteiger partial charge in [0.1, 0.15) is 11.5 Å². The summed E-state index contributed by atoms with van der Waals surface area (Å²) in [7, 11) is 1.45. The zero-order valence-corrected chi connectivity index (χ0v) is 24.3. The summed E-state index contributed by atoms with van der Waals surface area (Å²) in [6.45, 7) is 3.39. The number of carbonyl (C=O) groups excluding carboxylic acids is 2.